The Balaban J connectivity index is 3.42. The second kappa shape index (κ2) is 3.53. The fraction of sp³-hybridized carbons (Fsp3) is 0.455. The summed E-state index contributed by atoms with van der Waals surface area (Å²) in [6.45, 7) is 8.77. The normalized spacial score (nSPS) is 10.4. The molecule has 1 aromatic carbocycles. The lowest BCUT2D eigenvalue weighted by molar-refractivity contribution is 1.13. The molecule has 66 valence electrons. The van der Waals surface area contributed by atoms with Crippen molar-refractivity contribution in [2.75, 3.05) is 6.26 Å². The zero-order valence-corrected chi connectivity index (χ0v) is 9.30. The van der Waals surface area contributed by atoms with Crippen molar-refractivity contribution in [2.24, 2.45) is 0 Å². The summed E-state index contributed by atoms with van der Waals surface area (Å²) in [5.41, 5.74) is 5.68. The first-order valence-corrected chi connectivity index (χ1v) is 5.41. The van der Waals surface area contributed by atoms with Crippen molar-refractivity contribution in [1.82, 2.24) is 0 Å². The molecular formula is C11H16S. The van der Waals surface area contributed by atoms with E-state index in [4.69, 9.17) is 0 Å². The van der Waals surface area contributed by atoms with E-state index in [-0.39, 0.29) is 0 Å². The molecule has 0 aliphatic carbocycles. The predicted octanol–water partition coefficient (Wildman–Crippen LogP) is 3.64. The van der Waals surface area contributed by atoms with Crippen molar-refractivity contribution in [2.45, 2.75) is 32.6 Å². The first-order valence-electron chi connectivity index (χ1n) is 4.19. The first kappa shape index (κ1) is 9.66. The van der Waals surface area contributed by atoms with Crippen LogP contribution in [0.15, 0.2) is 11.0 Å². The number of benzene rings is 1. The summed E-state index contributed by atoms with van der Waals surface area (Å²) >= 11 is 1.85. The summed E-state index contributed by atoms with van der Waals surface area (Å²) in [5, 5.41) is 0. The highest BCUT2D eigenvalue weighted by Crippen LogP contribution is 2.28. The maximum Gasteiger partial charge on any atom is 0.0133 e. The molecule has 0 bridgehead atoms. The second-order valence-electron chi connectivity index (χ2n) is 3.29. The number of aryl methyl sites for hydroxylation is 2. The Morgan fingerprint density at radius 3 is 1.67 bits per heavy atom. The second-order valence-corrected chi connectivity index (χ2v) is 4.11. The molecule has 1 heteroatoms. The van der Waals surface area contributed by atoms with Crippen molar-refractivity contribution < 1.29 is 0 Å². The molecule has 0 amide bonds. The molecule has 0 aliphatic rings. The smallest absolute Gasteiger partial charge is 0.0133 e. The van der Waals surface area contributed by atoms with Crippen LogP contribution in [0.25, 0.3) is 0 Å². The van der Waals surface area contributed by atoms with Crippen LogP contribution in [0.3, 0.4) is 0 Å². The minimum atomic E-state index is 1.41. The van der Waals surface area contributed by atoms with E-state index in [2.05, 4.69) is 40.0 Å². The van der Waals surface area contributed by atoms with E-state index >= 15 is 0 Å². The van der Waals surface area contributed by atoms with Gasteiger partial charge in [0.2, 0.25) is 0 Å². The van der Waals surface area contributed by atoms with E-state index < -0.39 is 0 Å². The lowest BCUT2D eigenvalue weighted by atomic mass is 10.0. The Morgan fingerprint density at radius 1 is 0.917 bits per heavy atom. The topological polar surface area (TPSA) is 0 Å². The monoisotopic (exact) mass is 180 g/mol. The van der Waals surface area contributed by atoms with E-state index in [0.29, 0.717) is 0 Å². The highest BCUT2D eigenvalue weighted by atomic mass is 32.2. The summed E-state index contributed by atoms with van der Waals surface area (Å²) in [4.78, 5) is 1.45. The summed E-state index contributed by atoms with van der Waals surface area (Å²) in [5.74, 6) is 0. The maximum absolute atomic E-state index is 2.27. The zero-order valence-electron chi connectivity index (χ0n) is 8.49. The van der Waals surface area contributed by atoms with Gasteiger partial charge in [-0.15, -0.1) is 11.8 Å². The summed E-state index contributed by atoms with van der Waals surface area (Å²) in [6.07, 6.45) is 2.15. The lowest BCUT2D eigenvalue weighted by Crippen LogP contribution is -1.92. The van der Waals surface area contributed by atoms with E-state index in [1.807, 2.05) is 11.8 Å². The number of hydrogen-bond donors (Lipinski definition) is 0. The largest absolute Gasteiger partial charge is 0.129 e. The van der Waals surface area contributed by atoms with Crippen LogP contribution in [0.5, 0.6) is 0 Å². The zero-order chi connectivity index (χ0) is 9.30. The van der Waals surface area contributed by atoms with Gasteiger partial charge in [-0.3, -0.25) is 0 Å². The van der Waals surface area contributed by atoms with Crippen LogP contribution in [-0.2, 0) is 0 Å². The Bertz CT molecular complexity index is 274. The fourth-order valence-electron chi connectivity index (χ4n) is 1.49. The molecule has 0 aromatic heterocycles. The number of thioether (sulfide) groups is 1. The SMILES string of the molecule is CSc1c(C)c(C)cc(C)c1C. The average Bonchev–Trinajstić information content (AvgIpc) is 2.02. The molecule has 0 radical (unpaired) electrons. The van der Waals surface area contributed by atoms with Crippen LogP contribution in [0.1, 0.15) is 22.3 Å². The molecule has 1 aromatic rings. The van der Waals surface area contributed by atoms with Gasteiger partial charge in [-0.05, 0) is 56.2 Å². The van der Waals surface area contributed by atoms with Gasteiger partial charge in [0, 0.05) is 4.90 Å². The lowest BCUT2D eigenvalue weighted by Gasteiger charge is -2.12. The van der Waals surface area contributed by atoms with Crippen molar-refractivity contribution in [1.29, 1.82) is 0 Å². The minimum Gasteiger partial charge on any atom is -0.129 e. The van der Waals surface area contributed by atoms with Crippen molar-refractivity contribution in [3.05, 3.63) is 28.3 Å². The fourth-order valence-corrected chi connectivity index (χ4v) is 2.42. The maximum atomic E-state index is 2.27. The van der Waals surface area contributed by atoms with Crippen molar-refractivity contribution >= 4 is 11.8 Å². The molecule has 1 rings (SSSR count). The Morgan fingerprint density at radius 2 is 1.33 bits per heavy atom. The molecule has 12 heavy (non-hydrogen) atoms. The van der Waals surface area contributed by atoms with Crippen molar-refractivity contribution in [3.8, 4) is 0 Å². The molecule has 0 nitrogen and oxygen atoms in total. The highest BCUT2D eigenvalue weighted by Gasteiger charge is 2.05. The summed E-state index contributed by atoms with van der Waals surface area (Å²) in [7, 11) is 0. The van der Waals surface area contributed by atoms with Gasteiger partial charge in [0.05, 0.1) is 0 Å². The molecule has 0 fully saturated rings. The van der Waals surface area contributed by atoms with Gasteiger partial charge in [0.15, 0.2) is 0 Å². The molecular weight excluding hydrogens is 164 g/mol. The molecule has 0 spiro atoms. The summed E-state index contributed by atoms with van der Waals surface area (Å²) < 4.78 is 0. The van der Waals surface area contributed by atoms with E-state index in [0.717, 1.165) is 0 Å². The molecule has 0 atom stereocenters. The third kappa shape index (κ3) is 1.51. The third-order valence-corrected chi connectivity index (χ3v) is 3.52. The Hall–Kier alpha value is -0.430. The first-order chi connectivity index (χ1) is 5.57. The standard InChI is InChI=1S/C11H16S/c1-7-6-8(2)10(4)11(12-5)9(7)3/h6H,1-5H3. The molecule has 0 aliphatic heterocycles. The van der Waals surface area contributed by atoms with Crippen molar-refractivity contribution in [3.63, 3.8) is 0 Å². The van der Waals surface area contributed by atoms with Crippen LogP contribution in [-0.4, -0.2) is 6.26 Å². The van der Waals surface area contributed by atoms with Crippen LogP contribution >= 0.6 is 11.8 Å². The number of rotatable bonds is 1. The van der Waals surface area contributed by atoms with Crippen LogP contribution in [0.2, 0.25) is 0 Å². The third-order valence-electron chi connectivity index (χ3n) is 2.50. The molecule has 0 N–H and O–H groups in total. The van der Waals surface area contributed by atoms with Crippen LogP contribution in [0.4, 0.5) is 0 Å². The van der Waals surface area contributed by atoms with Gasteiger partial charge in [-0.1, -0.05) is 6.07 Å². The van der Waals surface area contributed by atoms with Gasteiger partial charge in [-0.2, -0.15) is 0 Å². The quantitative estimate of drug-likeness (QED) is 0.595. The van der Waals surface area contributed by atoms with E-state index in [1.54, 1.807) is 0 Å². The van der Waals surface area contributed by atoms with Gasteiger partial charge in [-0.25, -0.2) is 0 Å². The average molecular weight is 180 g/mol. The molecule has 0 saturated carbocycles. The van der Waals surface area contributed by atoms with Crippen LogP contribution < -0.4 is 0 Å². The molecule has 0 saturated heterocycles. The predicted molar refractivity (Wildman–Crippen MR) is 57.2 cm³/mol. The van der Waals surface area contributed by atoms with Gasteiger partial charge in [0.25, 0.3) is 0 Å². The van der Waals surface area contributed by atoms with Crippen LogP contribution in [0, 0.1) is 27.7 Å². The highest BCUT2D eigenvalue weighted by molar-refractivity contribution is 7.98. The van der Waals surface area contributed by atoms with Gasteiger partial charge in [0.1, 0.15) is 0 Å². The van der Waals surface area contributed by atoms with Gasteiger partial charge >= 0.3 is 0 Å². The molecule has 0 unspecified atom stereocenters. The van der Waals surface area contributed by atoms with E-state index in [1.165, 1.54) is 27.1 Å². The minimum absolute atomic E-state index is 1.41. The van der Waals surface area contributed by atoms with E-state index in [9.17, 15) is 0 Å². The van der Waals surface area contributed by atoms with Gasteiger partial charge < -0.3 is 0 Å². The Kier molecular flexibility index (Phi) is 2.84. The Labute approximate surface area is 79.4 Å². The summed E-state index contributed by atoms with van der Waals surface area (Å²) in [6, 6.07) is 2.27. The molecule has 0 heterocycles. The number of hydrogen-bond acceptors (Lipinski definition) is 1.